The number of alkyl halides is 2. The number of allylic oxidation sites excluding steroid dienone is 1. The quantitative estimate of drug-likeness (QED) is 0.588. The van der Waals surface area contributed by atoms with Gasteiger partial charge in [-0.3, -0.25) is 4.79 Å². The summed E-state index contributed by atoms with van der Waals surface area (Å²) in [4.78, 5) is 14.2. The Hall–Kier alpha value is -3.81. The van der Waals surface area contributed by atoms with Crippen LogP contribution in [-0.4, -0.2) is 35.0 Å². The molecule has 0 atom stereocenters. The van der Waals surface area contributed by atoms with Gasteiger partial charge in [-0.15, -0.1) is 0 Å². The summed E-state index contributed by atoms with van der Waals surface area (Å²) in [6.45, 7) is 1.30. The molecule has 0 radical (unpaired) electrons. The molecular weight excluding hydrogens is 400 g/mol. The summed E-state index contributed by atoms with van der Waals surface area (Å²) in [5.74, 6) is -2.63. The fraction of sp³-hybridized carbons (Fsp3) is 0.174. The lowest BCUT2D eigenvalue weighted by molar-refractivity contribution is -0.0262. The minimum absolute atomic E-state index is 0.167. The lowest BCUT2D eigenvalue weighted by Crippen LogP contribution is -2.56. The van der Waals surface area contributed by atoms with Gasteiger partial charge in [0.15, 0.2) is 5.69 Å². The number of nitrogens with zero attached hydrogens (tertiary/aromatic N) is 3. The van der Waals surface area contributed by atoms with E-state index in [2.05, 4.69) is 10.4 Å². The molecule has 6 nitrogen and oxygen atoms in total. The Balaban J connectivity index is 1.66. The highest BCUT2D eigenvalue weighted by atomic mass is 19.3. The highest BCUT2D eigenvalue weighted by Crippen LogP contribution is 2.33. The van der Waals surface area contributed by atoms with Gasteiger partial charge in [0.05, 0.1) is 24.5 Å². The Morgan fingerprint density at radius 1 is 1.16 bits per heavy atom. The zero-order valence-corrected chi connectivity index (χ0v) is 16.8. The molecule has 1 fully saturated rings. The average molecular weight is 421 g/mol. The Morgan fingerprint density at radius 2 is 1.90 bits per heavy atom. The van der Waals surface area contributed by atoms with Crippen LogP contribution in [0.25, 0.3) is 11.4 Å². The summed E-state index contributed by atoms with van der Waals surface area (Å²) < 4.78 is 27.9. The molecule has 0 unspecified atom stereocenters. The minimum atomic E-state index is -2.63. The van der Waals surface area contributed by atoms with Gasteiger partial charge in [-0.05, 0) is 48.9 Å². The van der Waals surface area contributed by atoms with Crippen LogP contribution in [0.1, 0.15) is 11.3 Å². The van der Waals surface area contributed by atoms with Crippen LogP contribution in [0.2, 0.25) is 0 Å². The highest BCUT2D eigenvalue weighted by Gasteiger charge is 2.43. The maximum atomic E-state index is 13.2. The van der Waals surface area contributed by atoms with Crippen molar-refractivity contribution in [2.75, 3.05) is 23.3 Å². The number of anilines is 2. The third-order valence-electron chi connectivity index (χ3n) is 5.00. The van der Waals surface area contributed by atoms with Crippen LogP contribution in [0.4, 0.5) is 20.2 Å². The summed E-state index contributed by atoms with van der Waals surface area (Å²) >= 11 is 0. The van der Waals surface area contributed by atoms with Gasteiger partial charge in [-0.2, -0.15) is 5.10 Å². The van der Waals surface area contributed by atoms with Crippen LogP contribution in [0, 0.1) is 12.3 Å². The first-order valence-electron chi connectivity index (χ1n) is 9.73. The van der Waals surface area contributed by atoms with E-state index in [4.69, 9.17) is 5.41 Å². The van der Waals surface area contributed by atoms with E-state index < -0.39 is 5.92 Å². The van der Waals surface area contributed by atoms with Crippen molar-refractivity contribution in [2.24, 2.45) is 0 Å². The molecule has 1 aromatic heterocycles. The van der Waals surface area contributed by atoms with Crippen molar-refractivity contribution in [3.63, 3.8) is 0 Å². The molecule has 0 saturated carbocycles. The van der Waals surface area contributed by atoms with Crippen LogP contribution >= 0.6 is 0 Å². The predicted molar refractivity (Wildman–Crippen MR) is 119 cm³/mol. The van der Waals surface area contributed by atoms with E-state index in [0.717, 1.165) is 28.8 Å². The van der Waals surface area contributed by atoms with Crippen molar-refractivity contribution in [1.29, 1.82) is 5.41 Å². The van der Waals surface area contributed by atoms with Crippen molar-refractivity contribution < 1.29 is 8.78 Å². The smallest absolute Gasteiger partial charge is 0.282 e. The highest BCUT2D eigenvalue weighted by molar-refractivity contribution is 5.86. The number of para-hydroxylation sites is 1. The van der Waals surface area contributed by atoms with E-state index in [1.807, 2.05) is 43.3 Å². The SMILES string of the molecule is Cc1cc(N2CC(F)(F)C2)ccc1-n1ccc(=O)c(/C(=C/C=N)Nc2ccccc2)n1. The fourth-order valence-corrected chi connectivity index (χ4v) is 3.46. The van der Waals surface area contributed by atoms with Gasteiger partial charge in [0, 0.05) is 29.9 Å². The third kappa shape index (κ3) is 4.37. The van der Waals surface area contributed by atoms with Gasteiger partial charge in [-0.1, -0.05) is 18.2 Å². The molecule has 0 aliphatic carbocycles. The predicted octanol–water partition coefficient (Wildman–Crippen LogP) is 4.10. The van der Waals surface area contributed by atoms with Crippen molar-refractivity contribution >= 4 is 23.3 Å². The van der Waals surface area contributed by atoms with E-state index >= 15 is 0 Å². The molecule has 0 amide bonds. The number of halogens is 2. The molecule has 31 heavy (non-hydrogen) atoms. The molecule has 1 aliphatic rings. The Bertz CT molecular complexity index is 1200. The Kier molecular flexibility index (Phi) is 5.37. The zero-order valence-electron chi connectivity index (χ0n) is 16.8. The van der Waals surface area contributed by atoms with Crippen LogP contribution in [0.5, 0.6) is 0 Å². The fourth-order valence-electron chi connectivity index (χ4n) is 3.46. The topological polar surface area (TPSA) is 74.0 Å². The molecule has 158 valence electrons. The number of nitrogens with one attached hydrogen (secondary N) is 2. The lowest BCUT2D eigenvalue weighted by Gasteiger charge is -2.40. The maximum Gasteiger partial charge on any atom is 0.282 e. The molecule has 2 heterocycles. The largest absolute Gasteiger partial charge is 0.359 e. The second-order valence-corrected chi connectivity index (χ2v) is 7.39. The summed E-state index contributed by atoms with van der Waals surface area (Å²) in [5, 5.41) is 15.1. The van der Waals surface area contributed by atoms with Gasteiger partial charge in [0.2, 0.25) is 5.43 Å². The van der Waals surface area contributed by atoms with E-state index in [0.29, 0.717) is 5.70 Å². The molecular formula is C23H21F2N5O. The average Bonchev–Trinajstić information content (AvgIpc) is 2.73. The molecule has 1 saturated heterocycles. The van der Waals surface area contributed by atoms with Crippen LogP contribution in [-0.2, 0) is 0 Å². The van der Waals surface area contributed by atoms with Crippen molar-refractivity contribution in [1.82, 2.24) is 9.78 Å². The lowest BCUT2D eigenvalue weighted by atomic mass is 10.1. The summed E-state index contributed by atoms with van der Waals surface area (Å²) in [5.41, 5.74) is 3.33. The van der Waals surface area contributed by atoms with Gasteiger partial charge in [-0.25, -0.2) is 13.5 Å². The van der Waals surface area contributed by atoms with E-state index in [-0.39, 0.29) is 24.2 Å². The summed E-state index contributed by atoms with van der Waals surface area (Å²) in [6, 6.07) is 16.1. The summed E-state index contributed by atoms with van der Waals surface area (Å²) in [6.07, 6.45) is 4.13. The monoisotopic (exact) mass is 421 g/mol. The Labute approximate surface area is 178 Å². The number of benzene rings is 2. The standard InChI is InChI=1S/C23H21F2N5O/c1-16-13-18(29-14-23(24,25)15-29)7-8-20(16)30-12-10-21(31)22(28-30)19(9-11-26)27-17-5-3-2-4-6-17/h2-13,26-27H,14-15H2,1H3/b19-9-,26-11?. The molecule has 3 aromatic rings. The van der Waals surface area contributed by atoms with Gasteiger partial charge in [0.1, 0.15) is 0 Å². The van der Waals surface area contributed by atoms with Gasteiger partial charge >= 0.3 is 0 Å². The second kappa shape index (κ2) is 8.14. The van der Waals surface area contributed by atoms with Crippen molar-refractivity contribution in [2.45, 2.75) is 12.8 Å². The molecule has 2 aromatic carbocycles. The van der Waals surface area contributed by atoms with E-state index in [1.165, 1.54) is 12.1 Å². The van der Waals surface area contributed by atoms with Crippen LogP contribution in [0.15, 0.2) is 71.7 Å². The molecule has 4 rings (SSSR count). The van der Waals surface area contributed by atoms with Crippen LogP contribution < -0.4 is 15.6 Å². The van der Waals surface area contributed by atoms with Gasteiger partial charge in [0.25, 0.3) is 5.92 Å². The minimum Gasteiger partial charge on any atom is -0.359 e. The van der Waals surface area contributed by atoms with Crippen molar-refractivity contribution in [3.8, 4) is 5.69 Å². The second-order valence-electron chi connectivity index (χ2n) is 7.39. The number of rotatable bonds is 6. The van der Waals surface area contributed by atoms with E-state index in [9.17, 15) is 13.6 Å². The van der Waals surface area contributed by atoms with Crippen molar-refractivity contribution in [3.05, 3.63) is 88.4 Å². The summed E-state index contributed by atoms with van der Waals surface area (Å²) in [7, 11) is 0. The molecule has 0 spiro atoms. The number of hydrogen-bond donors (Lipinski definition) is 2. The first-order valence-corrected chi connectivity index (χ1v) is 9.73. The van der Waals surface area contributed by atoms with Gasteiger partial charge < -0.3 is 15.6 Å². The molecule has 0 bridgehead atoms. The third-order valence-corrected chi connectivity index (χ3v) is 5.00. The van der Waals surface area contributed by atoms with E-state index in [1.54, 1.807) is 27.9 Å². The Morgan fingerprint density at radius 3 is 2.55 bits per heavy atom. The number of hydrogen-bond acceptors (Lipinski definition) is 5. The number of aromatic nitrogens is 2. The zero-order chi connectivity index (χ0) is 22.0. The first kappa shape index (κ1) is 20.5. The van der Waals surface area contributed by atoms with Crippen LogP contribution in [0.3, 0.4) is 0 Å². The number of aryl methyl sites for hydroxylation is 1. The maximum absolute atomic E-state index is 13.2. The first-order chi connectivity index (χ1) is 14.9. The normalized spacial score (nSPS) is 15.3. The molecule has 2 N–H and O–H groups in total. The molecule has 8 heteroatoms. The molecule has 1 aliphatic heterocycles.